The molecule has 132 valence electrons. The van der Waals surface area contributed by atoms with Crippen molar-refractivity contribution in [3.63, 3.8) is 0 Å². The molecule has 0 aliphatic heterocycles. The molecule has 1 fully saturated rings. The zero-order valence-electron chi connectivity index (χ0n) is 14.0. The highest BCUT2D eigenvalue weighted by atomic mass is 32.1. The smallest absolute Gasteiger partial charge is 0.262 e. The number of rotatable bonds is 8. The topological polar surface area (TPSA) is 84.2 Å². The van der Waals surface area contributed by atoms with E-state index in [1.807, 2.05) is 41.8 Å². The summed E-state index contributed by atoms with van der Waals surface area (Å²) in [5, 5.41) is 7.75. The van der Waals surface area contributed by atoms with Gasteiger partial charge in [-0.3, -0.25) is 9.59 Å². The summed E-state index contributed by atoms with van der Waals surface area (Å²) in [5.41, 5.74) is 6.80. The van der Waals surface area contributed by atoms with E-state index in [2.05, 4.69) is 10.6 Å². The highest BCUT2D eigenvalue weighted by Crippen LogP contribution is 2.32. The number of nitrogens with one attached hydrogen (secondary N) is 2. The second-order valence-electron chi connectivity index (χ2n) is 6.38. The van der Waals surface area contributed by atoms with Gasteiger partial charge in [0.05, 0.1) is 4.88 Å². The van der Waals surface area contributed by atoms with Crippen LogP contribution in [0.3, 0.4) is 0 Å². The fourth-order valence-electron chi connectivity index (χ4n) is 2.85. The van der Waals surface area contributed by atoms with E-state index in [4.69, 9.17) is 5.73 Å². The lowest BCUT2D eigenvalue weighted by Gasteiger charge is -2.22. The van der Waals surface area contributed by atoms with Gasteiger partial charge in [0.25, 0.3) is 5.91 Å². The molecule has 3 rings (SSSR count). The molecule has 0 bridgehead atoms. The summed E-state index contributed by atoms with van der Waals surface area (Å²) in [4.78, 5) is 25.8. The first-order valence-electron chi connectivity index (χ1n) is 8.56. The van der Waals surface area contributed by atoms with Gasteiger partial charge in [0.15, 0.2) is 0 Å². The van der Waals surface area contributed by atoms with Crippen molar-refractivity contribution >= 4 is 23.2 Å². The molecule has 4 N–H and O–H groups in total. The molecule has 0 radical (unpaired) electrons. The van der Waals surface area contributed by atoms with E-state index in [-0.39, 0.29) is 17.9 Å². The van der Waals surface area contributed by atoms with E-state index in [0.717, 1.165) is 18.4 Å². The minimum atomic E-state index is -0.621. The van der Waals surface area contributed by atoms with Gasteiger partial charge in [0, 0.05) is 19.0 Å². The van der Waals surface area contributed by atoms with Gasteiger partial charge in [0.2, 0.25) is 5.91 Å². The fraction of sp³-hybridized carbons (Fsp3) is 0.368. The molecular weight excluding hydrogens is 334 g/mol. The Morgan fingerprint density at radius 1 is 1.12 bits per heavy atom. The number of benzene rings is 1. The van der Waals surface area contributed by atoms with Crippen LogP contribution < -0.4 is 16.4 Å². The average Bonchev–Trinajstić information content (AvgIpc) is 3.32. The average molecular weight is 357 g/mol. The SMILES string of the molecule is NCC(NC(=O)C(Cc1ccccc1)NC(=O)c1cccs1)C1CC1. The molecular formula is C19H23N3O2S. The summed E-state index contributed by atoms with van der Waals surface area (Å²) in [6, 6.07) is 12.6. The predicted molar refractivity (Wildman–Crippen MR) is 99.4 cm³/mol. The third-order valence-electron chi connectivity index (χ3n) is 4.42. The first kappa shape index (κ1) is 17.6. The molecule has 0 saturated heterocycles. The highest BCUT2D eigenvalue weighted by molar-refractivity contribution is 7.12. The van der Waals surface area contributed by atoms with Gasteiger partial charge in [-0.1, -0.05) is 36.4 Å². The number of carbonyl (C=O) groups excluding carboxylic acids is 2. The summed E-state index contributed by atoms with van der Waals surface area (Å²) in [6.07, 6.45) is 2.66. The van der Waals surface area contributed by atoms with Crippen LogP contribution in [0, 0.1) is 5.92 Å². The molecule has 2 amide bonds. The lowest BCUT2D eigenvalue weighted by molar-refractivity contribution is -0.123. The van der Waals surface area contributed by atoms with Crippen molar-refractivity contribution < 1.29 is 9.59 Å². The Labute approximate surface area is 151 Å². The molecule has 5 nitrogen and oxygen atoms in total. The number of hydrogen-bond acceptors (Lipinski definition) is 4. The van der Waals surface area contributed by atoms with E-state index in [9.17, 15) is 9.59 Å². The fourth-order valence-corrected chi connectivity index (χ4v) is 3.47. The first-order valence-corrected chi connectivity index (χ1v) is 9.44. The molecule has 1 saturated carbocycles. The van der Waals surface area contributed by atoms with Crippen LogP contribution in [0.15, 0.2) is 47.8 Å². The Balaban J connectivity index is 1.70. The third-order valence-corrected chi connectivity index (χ3v) is 5.29. The molecule has 1 aliphatic rings. The number of thiophene rings is 1. The molecule has 2 unspecified atom stereocenters. The summed E-state index contributed by atoms with van der Waals surface area (Å²) in [5.74, 6) is 0.0808. The molecule has 1 aromatic heterocycles. The molecule has 0 spiro atoms. The van der Waals surface area contributed by atoms with Crippen LogP contribution in [0.5, 0.6) is 0 Å². The Kier molecular flexibility index (Phi) is 5.83. The van der Waals surface area contributed by atoms with Crippen molar-refractivity contribution in [2.75, 3.05) is 6.54 Å². The number of hydrogen-bond donors (Lipinski definition) is 3. The number of nitrogens with two attached hydrogens (primary N) is 1. The summed E-state index contributed by atoms with van der Waals surface area (Å²) in [6.45, 7) is 0.424. The maximum absolute atomic E-state index is 12.8. The molecule has 25 heavy (non-hydrogen) atoms. The van der Waals surface area contributed by atoms with E-state index in [0.29, 0.717) is 23.8 Å². The maximum Gasteiger partial charge on any atom is 0.262 e. The van der Waals surface area contributed by atoms with Crippen LogP contribution in [0.1, 0.15) is 28.1 Å². The van der Waals surface area contributed by atoms with Crippen molar-refractivity contribution in [3.8, 4) is 0 Å². The van der Waals surface area contributed by atoms with Crippen molar-refractivity contribution in [2.24, 2.45) is 11.7 Å². The first-order chi connectivity index (χ1) is 12.2. The van der Waals surface area contributed by atoms with Gasteiger partial charge in [-0.05, 0) is 35.8 Å². The summed E-state index contributed by atoms with van der Waals surface area (Å²) < 4.78 is 0. The lowest BCUT2D eigenvalue weighted by Crippen LogP contribution is -2.52. The summed E-state index contributed by atoms with van der Waals surface area (Å²) in [7, 11) is 0. The van der Waals surface area contributed by atoms with Crippen molar-refractivity contribution in [3.05, 3.63) is 58.3 Å². The van der Waals surface area contributed by atoms with Gasteiger partial charge < -0.3 is 16.4 Å². The van der Waals surface area contributed by atoms with E-state index in [1.165, 1.54) is 11.3 Å². The standard InChI is InChI=1S/C19H23N3O2S/c20-12-16(14-8-9-14)22-18(23)15(11-13-5-2-1-3-6-13)21-19(24)17-7-4-10-25-17/h1-7,10,14-16H,8-9,11-12,20H2,(H,21,24)(H,22,23). The highest BCUT2D eigenvalue weighted by Gasteiger charge is 2.33. The molecule has 2 aromatic rings. The Bertz CT molecular complexity index is 699. The van der Waals surface area contributed by atoms with Gasteiger partial charge in [-0.15, -0.1) is 11.3 Å². The van der Waals surface area contributed by atoms with Crippen LogP contribution in [-0.2, 0) is 11.2 Å². The van der Waals surface area contributed by atoms with Gasteiger partial charge >= 0.3 is 0 Å². The zero-order valence-corrected chi connectivity index (χ0v) is 14.8. The van der Waals surface area contributed by atoms with Crippen LogP contribution in [0.2, 0.25) is 0 Å². The maximum atomic E-state index is 12.8. The third kappa shape index (κ3) is 4.90. The molecule has 1 heterocycles. The largest absolute Gasteiger partial charge is 0.350 e. The monoisotopic (exact) mass is 357 g/mol. The Hall–Kier alpha value is -2.18. The van der Waals surface area contributed by atoms with Crippen molar-refractivity contribution in [1.29, 1.82) is 0 Å². The normalized spacial score (nSPS) is 16.0. The number of carbonyl (C=O) groups is 2. The minimum absolute atomic E-state index is 0.00980. The van der Waals surface area contributed by atoms with E-state index >= 15 is 0 Å². The van der Waals surface area contributed by atoms with E-state index in [1.54, 1.807) is 6.07 Å². The predicted octanol–water partition coefficient (Wildman–Crippen LogP) is 1.94. The number of amides is 2. The molecule has 2 atom stereocenters. The summed E-state index contributed by atoms with van der Waals surface area (Å²) >= 11 is 1.36. The van der Waals surface area contributed by atoms with Crippen molar-refractivity contribution in [2.45, 2.75) is 31.3 Å². The van der Waals surface area contributed by atoms with Crippen LogP contribution >= 0.6 is 11.3 Å². The Morgan fingerprint density at radius 2 is 1.88 bits per heavy atom. The van der Waals surface area contributed by atoms with E-state index < -0.39 is 6.04 Å². The van der Waals surface area contributed by atoms with Crippen LogP contribution in [-0.4, -0.2) is 30.4 Å². The second kappa shape index (κ2) is 8.27. The van der Waals surface area contributed by atoms with Crippen LogP contribution in [0.25, 0.3) is 0 Å². The van der Waals surface area contributed by atoms with Crippen molar-refractivity contribution in [1.82, 2.24) is 10.6 Å². The molecule has 1 aromatic carbocycles. The van der Waals surface area contributed by atoms with Gasteiger partial charge in [0.1, 0.15) is 6.04 Å². The second-order valence-corrected chi connectivity index (χ2v) is 7.33. The van der Waals surface area contributed by atoms with Gasteiger partial charge in [-0.25, -0.2) is 0 Å². The zero-order chi connectivity index (χ0) is 17.6. The van der Waals surface area contributed by atoms with Crippen LogP contribution in [0.4, 0.5) is 0 Å². The molecule has 1 aliphatic carbocycles. The Morgan fingerprint density at radius 3 is 2.48 bits per heavy atom. The van der Waals surface area contributed by atoms with Gasteiger partial charge in [-0.2, -0.15) is 0 Å². The molecule has 6 heteroatoms. The minimum Gasteiger partial charge on any atom is -0.350 e. The quantitative estimate of drug-likeness (QED) is 0.675. The lowest BCUT2D eigenvalue weighted by atomic mass is 10.0.